The second-order valence-electron chi connectivity index (χ2n) is 9.73. The maximum Gasteiger partial charge on any atom is 0.586 e. The molecule has 2 aromatic heterocycles. The van der Waals surface area contributed by atoms with Crippen LogP contribution in [-0.2, 0) is 10.0 Å². The fourth-order valence-electron chi connectivity index (χ4n) is 4.52. The Morgan fingerprint density at radius 1 is 1.11 bits per heavy atom. The van der Waals surface area contributed by atoms with E-state index in [9.17, 15) is 22.0 Å². The van der Waals surface area contributed by atoms with E-state index in [-0.39, 0.29) is 34.6 Å². The number of rotatable bonds is 5. The van der Waals surface area contributed by atoms with Gasteiger partial charge in [0.15, 0.2) is 16.5 Å². The van der Waals surface area contributed by atoms with Crippen molar-refractivity contribution in [1.29, 1.82) is 0 Å². The van der Waals surface area contributed by atoms with E-state index < -0.39 is 32.8 Å². The van der Waals surface area contributed by atoms with Gasteiger partial charge in [0.1, 0.15) is 11.6 Å². The highest BCUT2D eigenvalue weighted by molar-refractivity contribution is 7.90. The van der Waals surface area contributed by atoms with Gasteiger partial charge in [-0.3, -0.25) is 4.79 Å². The van der Waals surface area contributed by atoms with Gasteiger partial charge in [0.05, 0.1) is 11.3 Å². The van der Waals surface area contributed by atoms with Crippen molar-refractivity contribution in [2.45, 2.75) is 44.1 Å². The highest BCUT2D eigenvalue weighted by Gasteiger charge is 2.44. The highest BCUT2D eigenvalue weighted by Crippen LogP contribution is 2.44. The maximum atomic E-state index is 13.5. The van der Waals surface area contributed by atoms with Gasteiger partial charge in [-0.2, -0.15) is 8.42 Å². The normalized spacial score (nSPS) is 19.4. The van der Waals surface area contributed by atoms with E-state index in [0.717, 1.165) is 6.42 Å². The monoisotopic (exact) mass is 545 g/mol. The number of amides is 1. The number of nitrogen functional groups attached to an aromatic ring is 1. The molecule has 1 fully saturated rings. The third-order valence-electron chi connectivity index (χ3n) is 7.01. The first-order chi connectivity index (χ1) is 17.8. The minimum atomic E-state index is -4.33. The largest absolute Gasteiger partial charge is 0.586 e. The van der Waals surface area contributed by atoms with E-state index in [1.807, 2.05) is 23.5 Å². The van der Waals surface area contributed by atoms with Crippen LogP contribution in [0.4, 0.5) is 20.4 Å². The number of alkyl halides is 2. The fourth-order valence-corrected chi connectivity index (χ4v) is 5.46. The first-order valence-electron chi connectivity index (χ1n) is 11.8. The number of sulfonamides is 1. The number of nitrogens with two attached hydrogens (primary N) is 1. The number of nitrogens with zero attached hydrogens (tertiary/aromatic N) is 3. The number of aromatic nitrogens is 2. The molecule has 2 aliphatic rings. The molecule has 0 bridgehead atoms. The molecule has 1 saturated heterocycles. The fraction of sp³-hybridized carbons (Fsp3) is 0.320. The Labute approximate surface area is 217 Å². The molecule has 10 nitrogen and oxygen atoms in total. The lowest BCUT2D eigenvalue weighted by atomic mass is 9.90. The third-order valence-corrected chi connectivity index (χ3v) is 8.24. The van der Waals surface area contributed by atoms with Gasteiger partial charge in [0.2, 0.25) is 0 Å². The molecule has 3 aromatic rings. The average Bonchev–Trinajstić information content (AvgIpc) is 3.30. The molecular weight excluding hydrogens is 520 g/mol. The minimum Gasteiger partial charge on any atom is -0.395 e. The number of carbonyl (C=O) groups excluding carboxylic acids is 1. The van der Waals surface area contributed by atoms with Gasteiger partial charge in [-0.1, -0.05) is 13.0 Å². The lowest BCUT2D eigenvalue weighted by Gasteiger charge is -2.36. The lowest BCUT2D eigenvalue weighted by Crippen LogP contribution is -2.43. The second kappa shape index (κ2) is 8.79. The van der Waals surface area contributed by atoms with Crippen LogP contribution in [0, 0.1) is 5.92 Å². The number of nitrogens with one attached hydrogen (secondary N) is 1. The van der Waals surface area contributed by atoms with E-state index in [1.165, 1.54) is 42.5 Å². The number of pyridine rings is 2. The summed E-state index contributed by atoms with van der Waals surface area (Å²) in [7, 11) is -4.33. The number of fused-ring (bicyclic) bond motifs is 1. The molecule has 5 rings (SSSR count). The van der Waals surface area contributed by atoms with Gasteiger partial charge in [-0.15, -0.1) is 8.78 Å². The van der Waals surface area contributed by atoms with Crippen molar-refractivity contribution in [3.63, 3.8) is 0 Å². The number of hydrogen-bond donors (Lipinski definition) is 2. The van der Waals surface area contributed by atoms with Gasteiger partial charge in [0.25, 0.3) is 15.9 Å². The van der Waals surface area contributed by atoms with Gasteiger partial charge in [-0.05, 0) is 68.7 Å². The van der Waals surface area contributed by atoms with Crippen LogP contribution in [0.5, 0.6) is 11.5 Å². The molecule has 0 spiro atoms. The van der Waals surface area contributed by atoms with E-state index in [2.05, 4.69) is 21.4 Å². The summed E-state index contributed by atoms with van der Waals surface area (Å²) in [4.78, 5) is 23.8. The van der Waals surface area contributed by atoms with Crippen molar-refractivity contribution >= 4 is 27.6 Å². The van der Waals surface area contributed by atoms with Gasteiger partial charge in [-0.25, -0.2) is 14.7 Å². The van der Waals surface area contributed by atoms with Crippen LogP contribution in [0.3, 0.4) is 0 Å². The Kier molecular flexibility index (Phi) is 5.93. The van der Waals surface area contributed by atoms with Gasteiger partial charge < -0.3 is 20.1 Å². The number of carbonyl (C=O) groups is 1. The molecule has 13 heteroatoms. The van der Waals surface area contributed by atoms with Crippen LogP contribution in [0.25, 0.3) is 11.3 Å². The summed E-state index contributed by atoms with van der Waals surface area (Å²) in [5, 5.41) is -0.399. The second-order valence-corrected chi connectivity index (χ2v) is 11.4. The molecule has 1 amide bonds. The lowest BCUT2D eigenvalue weighted by molar-refractivity contribution is -0.286. The van der Waals surface area contributed by atoms with Crippen molar-refractivity contribution in [2.24, 2.45) is 5.92 Å². The Bertz CT molecular complexity index is 1550. The smallest absolute Gasteiger partial charge is 0.395 e. The molecule has 1 unspecified atom stereocenters. The molecule has 1 atom stereocenters. The van der Waals surface area contributed by atoms with Crippen LogP contribution < -0.4 is 24.8 Å². The zero-order valence-corrected chi connectivity index (χ0v) is 21.6. The number of hydrogen-bond acceptors (Lipinski definition) is 9. The summed E-state index contributed by atoms with van der Waals surface area (Å²) in [6.45, 7) is 6.67. The molecule has 0 saturated carbocycles. The van der Waals surface area contributed by atoms with Crippen molar-refractivity contribution in [3.8, 4) is 22.8 Å². The Balaban J connectivity index is 1.55. The Morgan fingerprint density at radius 2 is 1.84 bits per heavy atom. The molecule has 0 radical (unpaired) electrons. The quantitative estimate of drug-likeness (QED) is 0.491. The molecule has 1 aromatic carbocycles. The van der Waals surface area contributed by atoms with Gasteiger partial charge in [0, 0.05) is 17.6 Å². The first-order valence-corrected chi connectivity index (χ1v) is 13.2. The van der Waals surface area contributed by atoms with Crippen LogP contribution in [-0.4, -0.2) is 42.7 Å². The molecule has 38 heavy (non-hydrogen) atoms. The Morgan fingerprint density at radius 3 is 2.53 bits per heavy atom. The van der Waals surface area contributed by atoms with Crippen molar-refractivity contribution in [2.75, 3.05) is 17.2 Å². The molecule has 2 aliphatic heterocycles. The molecule has 3 N–H and O–H groups in total. The van der Waals surface area contributed by atoms with Crippen LogP contribution in [0.15, 0.2) is 53.6 Å². The zero-order valence-electron chi connectivity index (χ0n) is 20.7. The van der Waals surface area contributed by atoms with Crippen LogP contribution in [0.2, 0.25) is 0 Å². The number of benzene rings is 1. The van der Waals surface area contributed by atoms with Crippen LogP contribution >= 0.6 is 0 Å². The number of ether oxygens (including phenoxy) is 2. The Hall–Kier alpha value is -4.00. The molecule has 200 valence electrons. The molecule has 4 heterocycles. The van der Waals surface area contributed by atoms with Gasteiger partial charge >= 0.3 is 6.29 Å². The van der Waals surface area contributed by atoms with Crippen molar-refractivity contribution in [3.05, 3.63) is 54.1 Å². The van der Waals surface area contributed by atoms with Crippen molar-refractivity contribution < 1.29 is 31.5 Å². The van der Waals surface area contributed by atoms with Crippen molar-refractivity contribution in [1.82, 2.24) is 14.7 Å². The predicted octanol–water partition coefficient (Wildman–Crippen LogP) is 3.79. The van der Waals surface area contributed by atoms with E-state index in [1.54, 1.807) is 6.07 Å². The van der Waals surface area contributed by atoms with E-state index in [0.29, 0.717) is 17.8 Å². The summed E-state index contributed by atoms with van der Waals surface area (Å²) < 4.78 is 63.8. The summed E-state index contributed by atoms with van der Waals surface area (Å²) in [6.07, 6.45) is -2.94. The predicted molar refractivity (Wildman–Crippen MR) is 134 cm³/mol. The highest BCUT2D eigenvalue weighted by atomic mass is 32.2. The van der Waals surface area contributed by atoms with E-state index >= 15 is 0 Å². The molecular formula is C25H25F2N5O5S. The first kappa shape index (κ1) is 25.6. The summed E-state index contributed by atoms with van der Waals surface area (Å²) in [5.41, 5.74) is 6.03. The average molecular weight is 546 g/mol. The summed E-state index contributed by atoms with van der Waals surface area (Å²) in [6, 6.07) is 11.3. The molecule has 0 aliphatic carbocycles. The zero-order chi connectivity index (χ0) is 27.5. The third kappa shape index (κ3) is 4.57. The van der Waals surface area contributed by atoms with Crippen LogP contribution in [0.1, 0.15) is 37.6 Å². The van der Waals surface area contributed by atoms with E-state index in [4.69, 9.17) is 10.7 Å². The topological polar surface area (TPSA) is 137 Å². The summed E-state index contributed by atoms with van der Waals surface area (Å²) in [5.74, 6) is -0.659. The summed E-state index contributed by atoms with van der Waals surface area (Å²) >= 11 is 0. The number of anilines is 2. The maximum absolute atomic E-state index is 13.5. The number of halogens is 2. The standard InChI is InChI=1S/C25H25F2N5O5S/c1-14-11-12-32(24(14,2)3)22-16(23(33)31-38(34,35)21-6-4-5-20(28)30-21)8-9-17(29-22)15-7-10-18-19(13-15)37-25(26,27)36-18/h4-10,13-14H,11-12H2,1-3H3,(H2,28,30)(H,31,33). The SMILES string of the molecule is CC1CCN(c2nc(-c3ccc4c(c3)OC(F)(F)O4)ccc2C(=O)NS(=O)(=O)c2cccc(N)n2)C1(C)C. The minimum absolute atomic E-state index is 0.0127.